The smallest absolute Gasteiger partial charge is 0.407 e. The Morgan fingerprint density at radius 2 is 2.16 bits per heavy atom. The van der Waals surface area contributed by atoms with Crippen molar-refractivity contribution >= 4 is 6.09 Å². The highest BCUT2D eigenvalue weighted by Gasteiger charge is 2.17. The van der Waals surface area contributed by atoms with Crippen LogP contribution in [0.15, 0.2) is 24.3 Å². The normalized spacial score (nSPS) is 12.4. The van der Waals surface area contributed by atoms with E-state index in [1.165, 1.54) is 0 Å². The maximum absolute atomic E-state index is 11.6. The van der Waals surface area contributed by atoms with Gasteiger partial charge in [0.1, 0.15) is 5.60 Å². The lowest BCUT2D eigenvalue weighted by Gasteiger charge is -2.22. The number of hydrogen-bond donors (Lipinski definition) is 1. The molecule has 1 amide bonds. The largest absolute Gasteiger partial charge is 0.444 e. The summed E-state index contributed by atoms with van der Waals surface area (Å²) >= 11 is 0. The molecule has 1 rings (SSSR count). The number of ether oxygens (including phenoxy) is 1. The van der Waals surface area contributed by atoms with E-state index in [1.807, 2.05) is 45.9 Å². The molecule has 19 heavy (non-hydrogen) atoms. The summed E-state index contributed by atoms with van der Waals surface area (Å²) in [5, 5.41) is 11.6. The van der Waals surface area contributed by atoms with Crippen LogP contribution in [0.5, 0.6) is 0 Å². The molecule has 4 nitrogen and oxygen atoms in total. The monoisotopic (exact) mass is 260 g/mol. The summed E-state index contributed by atoms with van der Waals surface area (Å²) in [4.78, 5) is 11.6. The molecule has 0 saturated carbocycles. The van der Waals surface area contributed by atoms with Gasteiger partial charge in [0.05, 0.1) is 11.6 Å². The van der Waals surface area contributed by atoms with Crippen molar-refractivity contribution in [3.05, 3.63) is 35.4 Å². The van der Waals surface area contributed by atoms with Gasteiger partial charge in [0, 0.05) is 6.04 Å². The van der Waals surface area contributed by atoms with E-state index in [0.717, 1.165) is 5.56 Å². The van der Waals surface area contributed by atoms with Crippen molar-refractivity contribution < 1.29 is 9.53 Å². The predicted octanol–water partition coefficient (Wildman–Crippen LogP) is 3.01. The zero-order valence-electron chi connectivity index (χ0n) is 11.9. The van der Waals surface area contributed by atoms with Gasteiger partial charge in [0.15, 0.2) is 0 Å². The van der Waals surface area contributed by atoms with Crippen molar-refractivity contribution in [3.63, 3.8) is 0 Å². The first-order valence-corrected chi connectivity index (χ1v) is 6.29. The lowest BCUT2D eigenvalue weighted by Crippen LogP contribution is -2.38. The summed E-state index contributed by atoms with van der Waals surface area (Å²) < 4.78 is 5.19. The van der Waals surface area contributed by atoms with Crippen LogP contribution < -0.4 is 5.32 Å². The third-order valence-corrected chi connectivity index (χ3v) is 2.36. The first kappa shape index (κ1) is 15.0. The molecule has 4 heteroatoms. The second-order valence-corrected chi connectivity index (χ2v) is 5.56. The van der Waals surface area contributed by atoms with Crippen LogP contribution in [0, 0.1) is 11.3 Å². The van der Waals surface area contributed by atoms with E-state index in [0.29, 0.717) is 12.0 Å². The number of rotatable bonds is 3. The molecular weight excluding hydrogens is 240 g/mol. The second-order valence-electron chi connectivity index (χ2n) is 5.56. The van der Waals surface area contributed by atoms with Crippen LogP contribution in [0.4, 0.5) is 4.79 Å². The number of nitrogens with zero attached hydrogens (tertiary/aromatic N) is 1. The van der Waals surface area contributed by atoms with Gasteiger partial charge in [-0.25, -0.2) is 4.79 Å². The van der Waals surface area contributed by atoms with E-state index in [-0.39, 0.29) is 6.04 Å². The molecule has 0 spiro atoms. The SMILES string of the molecule is CC(Cc1cccc(C#N)c1)NC(=O)OC(C)(C)C. The maximum atomic E-state index is 11.6. The van der Waals surface area contributed by atoms with Crippen molar-refractivity contribution in [3.8, 4) is 6.07 Å². The van der Waals surface area contributed by atoms with Gasteiger partial charge >= 0.3 is 6.09 Å². The van der Waals surface area contributed by atoms with Gasteiger partial charge in [-0.3, -0.25) is 0 Å². The standard InChI is InChI=1S/C15H20N2O2/c1-11(17-14(18)19-15(2,3)4)8-12-6-5-7-13(9-12)10-16/h5-7,9,11H,8H2,1-4H3,(H,17,18). The number of benzene rings is 1. The molecule has 1 N–H and O–H groups in total. The fourth-order valence-corrected chi connectivity index (χ4v) is 1.68. The lowest BCUT2D eigenvalue weighted by molar-refractivity contribution is 0.0508. The average Bonchev–Trinajstić information content (AvgIpc) is 2.26. The van der Waals surface area contributed by atoms with E-state index in [9.17, 15) is 4.79 Å². The summed E-state index contributed by atoms with van der Waals surface area (Å²) in [7, 11) is 0. The van der Waals surface area contributed by atoms with Gasteiger partial charge in [0.2, 0.25) is 0 Å². The molecule has 0 heterocycles. The number of alkyl carbamates (subject to hydrolysis) is 1. The number of carbonyl (C=O) groups excluding carboxylic acids is 1. The van der Waals surface area contributed by atoms with Crippen molar-refractivity contribution in [2.24, 2.45) is 0 Å². The Bertz CT molecular complexity index is 484. The average molecular weight is 260 g/mol. The van der Waals surface area contributed by atoms with Gasteiger partial charge in [-0.05, 0) is 51.8 Å². The first-order valence-electron chi connectivity index (χ1n) is 6.29. The van der Waals surface area contributed by atoms with Crippen molar-refractivity contribution in [2.75, 3.05) is 0 Å². The van der Waals surface area contributed by atoms with Crippen LogP contribution >= 0.6 is 0 Å². The zero-order valence-corrected chi connectivity index (χ0v) is 11.9. The number of carbonyl (C=O) groups is 1. The van der Waals surface area contributed by atoms with Crippen molar-refractivity contribution in [1.29, 1.82) is 5.26 Å². The Morgan fingerprint density at radius 1 is 1.47 bits per heavy atom. The Balaban J connectivity index is 2.53. The van der Waals surface area contributed by atoms with Crippen LogP contribution in [0.2, 0.25) is 0 Å². The minimum atomic E-state index is -0.496. The Morgan fingerprint density at radius 3 is 2.74 bits per heavy atom. The highest BCUT2D eigenvalue weighted by molar-refractivity contribution is 5.68. The van der Waals surface area contributed by atoms with E-state index in [2.05, 4.69) is 11.4 Å². The van der Waals surface area contributed by atoms with Crippen LogP contribution in [0.25, 0.3) is 0 Å². The quantitative estimate of drug-likeness (QED) is 0.908. The van der Waals surface area contributed by atoms with E-state index >= 15 is 0 Å². The highest BCUT2D eigenvalue weighted by atomic mass is 16.6. The van der Waals surface area contributed by atoms with Crippen LogP contribution in [-0.4, -0.2) is 17.7 Å². The Labute approximate surface area is 114 Å². The maximum Gasteiger partial charge on any atom is 0.407 e. The van der Waals surface area contributed by atoms with Crippen molar-refractivity contribution in [2.45, 2.75) is 45.8 Å². The lowest BCUT2D eigenvalue weighted by atomic mass is 10.0. The molecule has 1 atom stereocenters. The zero-order chi connectivity index (χ0) is 14.5. The van der Waals surface area contributed by atoms with Gasteiger partial charge in [0.25, 0.3) is 0 Å². The van der Waals surface area contributed by atoms with E-state index in [4.69, 9.17) is 10.00 Å². The Kier molecular flexibility index (Phi) is 4.94. The van der Waals surface area contributed by atoms with Crippen LogP contribution in [0.3, 0.4) is 0 Å². The molecule has 102 valence electrons. The minimum absolute atomic E-state index is 0.0520. The minimum Gasteiger partial charge on any atom is -0.444 e. The Hall–Kier alpha value is -2.02. The predicted molar refractivity (Wildman–Crippen MR) is 73.7 cm³/mol. The molecule has 1 unspecified atom stereocenters. The fourth-order valence-electron chi connectivity index (χ4n) is 1.68. The summed E-state index contributed by atoms with van der Waals surface area (Å²) in [6.07, 6.45) is 0.242. The summed E-state index contributed by atoms with van der Waals surface area (Å²) in [6.45, 7) is 7.39. The van der Waals surface area contributed by atoms with Gasteiger partial charge in [-0.1, -0.05) is 12.1 Å². The molecule has 0 fully saturated rings. The molecule has 1 aromatic carbocycles. The van der Waals surface area contributed by atoms with E-state index in [1.54, 1.807) is 6.07 Å². The van der Waals surface area contributed by atoms with Gasteiger partial charge < -0.3 is 10.1 Å². The van der Waals surface area contributed by atoms with E-state index < -0.39 is 11.7 Å². The molecule has 0 aromatic heterocycles. The molecule has 1 aromatic rings. The van der Waals surface area contributed by atoms with Gasteiger partial charge in [-0.2, -0.15) is 5.26 Å². The molecular formula is C15H20N2O2. The number of nitriles is 1. The second kappa shape index (κ2) is 6.24. The van der Waals surface area contributed by atoms with Crippen molar-refractivity contribution in [1.82, 2.24) is 5.32 Å². The molecule has 0 radical (unpaired) electrons. The first-order chi connectivity index (χ1) is 8.80. The summed E-state index contributed by atoms with van der Waals surface area (Å²) in [5.74, 6) is 0. The molecule has 0 aliphatic heterocycles. The van der Waals surface area contributed by atoms with Crippen LogP contribution in [-0.2, 0) is 11.2 Å². The number of amides is 1. The molecule has 0 saturated heterocycles. The summed E-state index contributed by atoms with van der Waals surface area (Å²) in [5.41, 5.74) is 1.15. The third-order valence-electron chi connectivity index (χ3n) is 2.36. The number of hydrogen-bond acceptors (Lipinski definition) is 3. The van der Waals surface area contributed by atoms with Gasteiger partial charge in [-0.15, -0.1) is 0 Å². The number of nitrogens with one attached hydrogen (secondary N) is 1. The van der Waals surface area contributed by atoms with Crippen LogP contribution in [0.1, 0.15) is 38.8 Å². The third kappa shape index (κ3) is 5.91. The molecule has 0 aliphatic rings. The molecule has 0 bridgehead atoms. The summed E-state index contributed by atoms with van der Waals surface area (Å²) in [6, 6.07) is 9.41. The highest BCUT2D eigenvalue weighted by Crippen LogP contribution is 2.09. The molecule has 0 aliphatic carbocycles. The topological polar surface area (TPSA) is 62.1 Å². The fraction of sp³-hybridized carbons (Fsp3) is 0.467.